The lowest BCUT2D eigenvalue weighted by Gasteiger charge is -2.21. The summed E-state index contributed by atoms with van der Waals surface area (Å²) in [6, 6.07) is 5.05. The molecule has 2 amide bonds. The number of hydrogen-bond donors (Lipinski definition) is 4. The van der Waals surface area contributed by atoms with Crippen molar-refractivity contribution >= 4 is 17.8 Å². The zero-order chi connectivity index (χ0) is 21.1. The predicted molar refractivity (Wildman–Crippen MR) is 106 cm³/mol. The molecule has 0 saturated carbocycles. The third-order valence-corrected chi connectivity index (χ3v) is 4.73. The van der Waals surface area contributed by atoms with Crippen molar-refractivity contribution in [3.63, 3.8) is 0 Å². The molecule has 0 unspecified atom stereocenters. The van der Waals surface area contributed by atoms with Crippen LogP contribution in [0.15, 0.2) is 24.3 Å². The third-order valence-electron chi connectivity index (χ3n) is 4.73. The topological polar surface area (TPSA) is 131 Å². The van der Waals surface area contributed by atoms with Gasteiger partial charge in [0.25, 0.3) is 5.91 Å². The summed E-state index contributed by atoms with van der Waals surface area (Å²) in [4.78, 5) is 35.5. The molecule has 0 aliphatic heterocycles. The molecule has 28 heavy (non-hydrogen) atoms. The van der Waals surface area contributed by atoms with Crippen LogP contribution in [0.4, 0.5) is 0 Å². The third kappa shape index (κ3) is 7.56. The number of carbonyl (C=O) groups is 3. The van der Waals surface area contributed by atoms with E-state index in [1.165, 1.54) is 0 Å². The van der Waals surface area contributed by atoms with E-state index >= 15 is 0 Å². The standard InChI is InChI=1S/C20H31N3O5/c1-4-13(2)17(21)19(25)23-16(20(26)27)7-5-6-12-22-18(24)14-8-10-15(28-3)11-9-14/h8-11,13,16-17H,4-7,12,21H2,1-3H3,(H,22,24)(H,23,25)(H,26,27)/t13-,16-,17-/m0/s1. The molecular weight excluding hydrogens is 362 g/mol. The molecule has 0 radical (unpaired) electrons. The highest BCUT2D eigenvalue weighted by molar-refractivity contribution is 5.94. The molecular formula is C20H31N3O5. The molecule has 3 atom stereocenters. The monoisotopic (exact) mass is 393 g/mol. The molecule has 0 saturated heterocycles. The van der Waals surface area contributed by atoms with Gasteiger partial charge in [0, 0.05) is 12.1 Å². The van der Waals surface area contributed by atoms with Gasteiger partial charge in [-0.05, 0) is 49.4 Å². The largest absolute Gasteiger partial charge is 0.497 e. The summed E-state index contributed by atoms with van der Waals surface area (Å²) < 4.78 is 5.05. The van der Waals surface area contributed by atoms with E-state index in [-0.39, 0.29) is 18.2 Å². The van der Waals surface area contributed by atoms with Gasteiger partial charge < -0.3 is 26.2 Å². The first-order valence-electron chi connectivity index (χ1n) is 9.51. The van der Waals surface area contributed by atoms with Crippen molar-refractivity contribution in [1.29, 1.82) is 0 Å². The Kier molecular flexibility index (Phi) is 10.0. The number of carbonyl (C=O) groups excluding carboxylic acids is 2. The van der Waals surface area contributed by atoms with Gasteiger partial charge in [-0.1, -0.05) is 20.3 Å². The maximum absolute atomic E-state index is 12.1. The summed E-state index contributed by atoms with van der Waals surface area (Å²) in [7, 11) is 1.56. The number of hydrogen-bond acceptors (Lipinski definition) is 5. The van der Waals surface area contributed by atoms with Gasteiger partial charge >= 0.3 is 5.97 Å². The van der Waals surface area contributed by atoms with Crippen molar-refractivity contribution in [2.45, 2.75) is 51.6 Å². The normalized spacial score (nSPS) is 13.9. The second kappa shape index (κ2) is 12.0. The molecule has 0 bridgehead atoms. The number of methoxy groups -OCH3 is 1. The number of nitrogens with two attached hydrogens (primary N) is 1. The van der Waals surface area contributed by atoms with Gasteiger partial charge in [0.05, 0.1) is 13.2 Å². The van der Waals surface area contributed by atoms with E-state index in [0.717, 1.165) is 6.42 Å². The van der Waals surface area contributed by atoms with Crippen molar-refractivity contribution in [3.8, 4) is 5.75 Å². The first-order chi connectivity index (χ1) is 13.3. The zero-order valence-electron chi connectivity index (χ0n) is 16.7. The van der Waals surface area contributed by atoms with Crippen LogP contribution in [0.1, 0.15) is 49.9 Å². The molecule has 0 aliphatic rings. The molecule has 8 heteroatoms. The average molecular weight is 393 g/mol. The number of carboxylic acid groups (broad SMARTS) is 1. The number of rotatable bonds is 12. The lowest BCUT2D eigenvalue weighted by molar-refractivity contribution is -0.142. The summed E-state index contributed by atoms with van der Waals surface area (Å²) >= 11 is 0. The minimum absolute atomic E-state index is 0.0254. The lowest BCUT2D eigenvalue weighted by atomic mass is 9.99. The van der Waals surface area contributed by atoms with E-state index in [9.17, 15) is 19.5 Å². The van der Waals surface area contributed by atoms with Gasteiger partial charge in [-0.15, -0.1) is 0 Å². The number of ether oxygens (including phenoxy) is 1. The Morgan fingerprint density at radius 3 is 2.36 bits per heavy atom. The summed E-state index contributed by atoms with van der Waals surface area (Å²) in [6.07, 6.45) is 2.14. The summed E-state index contributed by atoms with van der Waals surface area (Å²) in [6.45, 7) is 4.19. The molecule has 1 rings (SSSR count). The van der Waals surface area contributed by atoms with Crippen molar-refractivity contribution in [2.24, 2.45) is 11.7 Å². The van der Waals surface area contributed by atoms with Gasteiger partial charge in [0.1, 0.15) is 11.8 Å². The number of amides is 2. The lowest BCUT2D eigenvalue weighted by Crippen LogP contribution is -2.50. The molecule has 0 aliphatic carbocycles. The fraction of sp³-hybridized carbons (Fsp3) is 0.550. The maximum Gasteiger partial charge on any atom is 0.326 e. The smallest absolute Gasteiger partial charge is 0.326 e. The Labute approximate surface area is 165 Å². The fourth-order valence-electron chi connectivity index (χ4n) is 2.56. The highest BCUT2D eigenvalue weighted by Gasteiger charge is 2.25. The van der Waals surface area contributed by atoms with Crippen LogP contribution in [0.5, 0.6) is 5.75 Å². The molecule has 1 aromatic carbocycles. The maximum atomic E-state index is 12.1. The second-order valence-corrected chi connectivity index (χ2v) is 6.79. The molecule has 5 N–H and O–H groups in total. The van der Waals surface area contributed by atoms with Crippen LogP contribution in [-0.2, 0) is 9.59 Å². The Morgan fingerprint density at radius 1 is 1.18 bits per heavy atom. The molecule has 8 nitrogen and oxygen atoms in total. The van der Waals surface area contributed by atoms with Gasteiger partial charge in [-0.2, -0.15) is 0 Å². The predicted octanol–water partition coefficient (Wildman–Crippen LogP) is 1.54. The molecule has 0 aromatic heterocycles. The average Bonchev–Trinajstić information content (AvgIpc) is 2.70. The highest BCUT2D eigenvalue weighted by atomic mass is 16.5. The van der Waals surface area contributed by atoms with E-state index in [1.807, 2.05) is 13.8 Å². The van der Waals surface area contributed by atoms with Crippen LogP contribution >= 0.6 is 0 Å². The number of aliphatic carboxylic acids is 1. The van der Waals surface area contributed by atoms with Crippen molar-refractivity contribution in [2.75, 3.05) is 13.7 Å². The van der Waals surface area contributed by atoms with Crippen molar-refractivity contribution in [3.05, 3.63) is 29.8 Å². The Balaban J connectivity index is 2.37. The van der Waals surface area contributed by atoms with E-state index in [0.29, 0.717) is 30.7 Å². The number of unbranched alkanes of at least 4 members (excludes halogenated alkanes) is 1. The number of carboxylic acids is 1. The summed E-state index contributed by atoms with van der Waals surface area (Å²) in [5.41, 5.74) is 6.37. The van der Waals surface area contributed by atoms with Crippen LogP contribution in [-0.4, -0.2) is 48.6 Å². The van der Waals surface area contributed by atoms with E-state index < -0.39 is 24.0 Å². The van der Waals surface area contributed by atoms with Gasteiger partial charge in [-0.25, -0.2) is 4.79 Å². The van der Waals surface area contributed by atoms with Crippen LogP contribution in [0, 0.1) is 5.92 Å². The number of benzene rings is 1. The van der Waals surface area contributed by atoms with Crippen molar-refractivity contribution in [1.82, 2.24) is 10.6 Å². The van der Waals surface area contributed by atoms with Crippen LogP contribution in [0.2, 0.25) is 0 Å². The summed E-state index contributed by atoms with van der Waals surface area (Å²) in [5.74, 6) is -1.10. The molecule has 0 heterocycles. The Bertz CT molecular complexity index is 648. The second-order valence-electron chi connectivity index (χ2n) is 6.79. The number of nitrogens with one attached hydrogen (secondary N) is 2. The Hall–Kier alpha value is -2.61. The van der Waals surface area contributed by atoms with Gasteiger partial charge in [0.15, 0.2) is 0 Å². The zero-order valence-corrected chi connectivity index (χ0v) is 16.7. The molecule has 1 aromatic rings. The first-order valence-corrected chi connectivity index (χ1v) is 9.51. The van der Waals surface area contributed by atoms with Gasteiger partial charge in [-0.3, -0.25) is 9.59 Å². The molecule has 0 spiro atoms. The van der Waals surface area contributed by atoms with Crippen molar-refractivity contribution < 1.29 is 24.2 Å². The SMILES string of the molecule is CC[C@H](C)[C@H](N)C(=O)N[C@@H](CCCCNC(=O)c1ccc(OC)cc1)C(=O)O. The first kappa shape index (κ1) is 23.4. The fourth-order valence-corrected chi connectivity index (χ4v) is 2.56. The highest BCUT2D eigenvalue weighted by Crippen LogP contribution is 2.11. The minimum atomic E-state index is -1.09. The van der Waals surface area contributed by atoms with E-state index in [4.69, 9.17) is 10.5 Å². The van der Waals surface area contributed by atoms with Crippen LogP contribution in [0.25, 0.3) is 0 Å². The van der Waals surface area contributed by atoms with Crippen LogP contribution < -0.4 is 21.1 Å². The van der Waals surface area contributed by atoms with Gasteiger partial charge in [0.2, 0.25) is 5.91 Å². The van der Waals surface area contributed by atoms with Crippen LogP contribution in [0.3, 0.4) is 0 Å². The minimum Gasteiger partial charge on any atom is -0.497 e. The van der Waals surface area contributed by atoms with E-state index in [1.54, 1.807) is 31.4 Å². The quantitative estimate of drug-likeness (QED) is 0.398. The Morgan fingerprint density at radius 2 is 1.82 bits per heavy atom. The van der Waals surface area contributed by atoms with E-state index in [2.05, 4.69) is 10.6 Å². The molecule has 0 fully saturated rings. The molecule has 156 valence electrons. The summed E-state index contributed by atoms with van der Waals surface area (Å²) in [5, 5.41) is 14.6.